The Balaban J connectivity index is 2.14. The summed E-state index contributed by atoms with van der Waals surface area (Å²) < 4.78 is 6.68. The van der Waals surface area contributed by atoms with Crippen molar-refractivity contribution in [3.05, 3.63) is 70.3 Å². The van der Waals surface area contributed by atoms with E-state index in [1.165, 1.54) is 5.56 Å². The highest BCUT2D eigenvalue weighted by Gasteiger charge is 2.29. The zero-order chi connectivity index (χ0) is 26.9. The van der Waals surface area contributed by atoms with E-state index in [4.69, 9.17) is 9.72 Å². The van der Waals surface area contributed by atoms with Crippen molar-refractivity contribution in [2.75, 3.05) is 13.2 Å². The van der Waals surface area contributed by atoms with Gasteiger partial charge in [0.05, 0.1) is 35.7 Å². The lowest BCUT2D eigenvalue weighted by molar-refractivity contribution is -0.146. The number of carbonyl (C=O) groups is 2. The number of rotatable bonds is 12. The minimum absolute atomic E-state index is 0.0255. The molecule has 0 saturated carbocycles. The molecule has 0 fully saturated rings. The summed E-state index contributed by atoms with van der Waals surface area (Å²) in [5.74, 6) is 0.384. The fourth-order valence-electron chi connectivity index (χ4n) is 4.48. The van der Waals surface area contributed by atoms with Gasteiger partial charge in [0.1, 0.15) is 5.82 Å². The molecule has 0 radical (unpaired) electrons. The summed E-state index contributed by atoms with van der Waals surface area (Å²) in [5.41, 5.74) is 2.33. The molecule has 198 valence electrons. The molecule has 0 N–H and O–H groups in total. The lowest BCUT2D eigenvalue weighted by Crippen LogP contribution is -2.39. The molecule has 2 aromatic carbocycles. The van der Waals surface area contributed by atoms with Crippen LogP contribution in [0.4, 0.5) is 0 Å². The molecule has 1 amide bonds. The normalized spacial score (nSPS) is 12.1. The maximum Gasteiger partial charge on any atom is 0.306 e. The van der Waals surface area contributed by atoms with E-state index < -0.39 is 6.04 Å². The van der Waals surface area contributed by atoms with E-state index >= 15 is 0 Å². The topological polar surface area (TPSA) is 81.5 Å². The van der Waals surface area contributed by atoms with Gasteiger partial charge in [0.25, 0.3) is 5.56 Å². The third-order valence-electron chi connectivity index (χ3n) is 6.58. The summed E-state index contributed by atoms with van der Waals surface area (Å²) in [4.78, 5) is 46.1. The third-order valence-corrected chi connectivity index (χ3v) is 6.58. The first-order chi connectivity index (χ1) is 17.8. The third kappa shape index (κ3) is 6.85. The Kier molecular flexibility index (Phi) is 10.0. The van der Waals surface area contributed by atoms with Gasteiger partial charge >= 0.3 is 5.97 Å². The minimum Gasteiger partial charge on any atom is -0.466 e. The van der Waals surface area contributed by atoms with Crippen LogP contribution in [0.25, 0.3) is 16.6 Å². The molecule has 0 aliphatic carbocycles. The van der Waals surface area contributed by atoms with Crippen molar-refractivity contribution in [1.29, 1.82) is 0 Å². The van der Waals surface area contributed by atoms with Gasteiger partial charge in [0, 0.05) is 13.0 Å². The number of carbonyl (C=O) groups excluding carboxylic acids is 2. The lowest BCUT2D eigenvalue weighted by atomic mass is 10.1. The highest BCUT2D eigenvalue weighted by Crippen LogP contribution is 2.28. The molecular weight excluding hydrogens is 466 g/mol. The molecule has 7 nitrogen and oxygen atoms in total. The first kappa shape index (κ1) is 28.1. The molecular formula is C30H39N3O4. The monoisotopic (exact) mass is 505 g/mol. The summed E-state index contributed by atoms with van der Waals surface area (Å²) >= 11 is 0. The van der Waals surface area contributed by atoms with Gasteiger partial charge in [-0.25, -0.2) is 4.98 Å². The van der Waals surface area contributed by atoms with E-state index in [2.05, 4.69) is 20.8 Å². The van der Waals surface area contributed by atoms with Crippen molar-refractivity contribution in [3.8, 4) is 5.69 Å². The Hall–Kier alpha value is -3.48. The standard InChI is InChI=1S/C30H39N3O4/c1-6-22-13-15-23(16-14-22)33-29(31-25-12-10-9-11-24(25)30(33)36)26(7-2)32(20-19-21(4)5)27(34)17-18-28(35)37-8-3/h9-16,21,26H,6-8,17-20H2,1-5H3. The summed E-state index contributed by atoms with van der Waals surface area (Å²) in [6.45, 7) is 10.9. The number of amides is 1. The Morgan fingerprint density at radius 3 is 2.32 bits per heavy atom. The molecule has 0 spiro atoms. The van der Waals surface area contributed by atoms with Crippen molar-refractivity contribution in [1.82, 2.24) is 14.5 Å². The van der Waals surface area contributed by atoms with Gasteiger partial charge in [-0.1, -0.05) is 52.0 Å². The zero-order valence-corrected chi connectivity index (χ0v) is 22.7. The van der Waals surface area contributed by atoms with E-state index in [1.54, 1.807) is 22.5 Å². The second-order valence-corrected chi connectivity index (χ2v) is 9.65. The highest BCUT2D eigenvalue weighted by atomic mass is 16.5. The average Bonchev–Trinajstić information content (AvgIpc) is 2.90. The van der Waals surface area contributed by atoms with Crippen LogP contribution >= 0.6 is 0 Å². The predicted octanol–water partition coefficient (Wildman–Crippen LogP) is 5.62. The maximum absolute atomic E-state index is 13.8. The first-order valence-electron chi connectivity index (χ1n) is 13.4. The number of esters is 1. The van der Waals surface area contributed by atoms with Crippen LogP contribution in [-0.2, 0) is 20.7 Å². The van der Waals surface area contributed by atoms with E-state index in [0.29, 0.717) is 35.6 Å². The van der Waals surface area contributed by atoms with Gasteiger partial charge < -0.3 is 9.64 Å². The van der Waals surface area contributed by atoms with E-state index in [9.17, 15) is 14.4 Å². The smallest absolute Gasteiger partial charge is 0.306 e. The Bertz CT molecular complexity index is 1260. The summed E-state index contributed by atoms with van der Waals surface area (Å²) in [6.07, 6.45) is 2.34. The van der Waals surface area contributed by atoms with Crippen LogP contribution < -0.4 is 5.56 Å². The fraction of sp³-hybridized carbons (Fsp3) is 0.467. The van der Waals surface area contributed by atoms with E-state index in [-0.39, 0.29) is 36.9 Å². The van der Waals surface area contributed by atoms with Gasteiger partial charge in [-0.3, -0.25) is 19.0 Å². The van der Waals surface area contributed by atoms with Gasteiger partial charge in [-0.15, -0.1) is 0 Å². The molecule has 1 unspecified atom stereocenters. The number of fused-ring (bicyclic) bond motifs is 1. The van der Waals surface area contributed by atoms with Gasteiger partial charge in [0.15, 0.2) is 0 Å². The number of nitrogens with zero attached hydrogens (tertiary/aromatic N) is 3. The lowest BCUT2D eigenvalue weighted by Gasteiger charge is -2.33. The Morgan fingerprint density at radius 2 is 1.70 bits per heavy atom. The van der Waals surface area contributed by atoms with Crippen molar-refractivity contribution < 1.29 is 14.3 Å². The fourth-order valence-corrected chi connectivity index (χ4v) is 4.48. The zero-order valence-electron chi connectivity index (χ0n) is 22.7. The molecule has 3 rings (SSSR count). The molecule has 1 aromatic heterocycles. The molecule has 0 aliphatic heterocycles. The van der Waals surface area contributed by atoms with Crippen LogP contribution in [0.1, 0.15) is 77.7 Å². The predicted molar refractivity (Wildman–Crippen MR) is 147 cm³/mol. The number of aromatic nitrogens is 2. The Morgan fingerprint density at radius 1 is 1.00 bits per heavy atom. The average molecular weight is 506 g/mol. The van der Waals surface area contributed by atoms with Crippen molar-refractivity contribution in [2.45, 2.75) is 72.8 Å². The van der Waals surface area contributed by atoms with Crippen molar-refractivity contribution >= 4 is 22.8 Å². The minimum atomic E-state index is -0.434. The van der Waals surface area contributed by atoms with Crippen molar-refractivity contribution in [3.63, 3.8) is 0 Å². The van der Waals surface area contributed by atoms with Crippen molar-refractivity contribution in [2.24, 2.45) is 5.92 Å². The Labute approximate surface area is 219 Å². The quantitative estimate of drug-likeness (QED) is 0.299. The molecule has 3 aromatic rings. The molecule has 37 heavy (non-hydrogen) atoms. The number of ether oxygens (including phenoxy) is 1. The maximum atomic E-state index is 13.8. The second-order valence-electron chi connectivity index (χ2n) is 9.65. The second kappa shape index (κ2) is 13.2. The largest absolute Gasteiger partial charge is 0.466 e. The molecule has 0 bridgehead atoms. The first-order valence-corrected chi connectivity index (χ1v) is 13.4. The van der Waals surface area contributed by atoms with E-state index in [0.717, 1.165) is 18.5 Å². The molecule has 7 heteroatoms. The molecule has 0 aliphatic rings. The van der Waals surface area contributed by atoms with Crippen LogP contribution in [0.2, 0.25) is 0 Å². The number of benzene rings is 2. The number of hydrogen-bond acceptors (Lipinski definition) is 5. The van der Waals surface area contributed by atoms with Crippen LogP contribution in [-0.4, -0.2) is 39.5 Å². The van der Waals surface area contributed by atoms with Crippen LogP contribution in [0.3, 0.4) is 0 Å². The van der Waals surface area contributed by atoms with Crippen LogP contribution in [0.15, 0.2) is 53.3 Å². The van der Waals surface area contributed by atoms with Gasteiger partial charge in [-0.2, -0.15) is 0 Å². The molecule has 0 saturated heterocycles. The van der Waals surface area contributed by atoms with Gasteiger partial charge in [-0.05, 0) is 61.9 Å². The van der Waals surface area contributed by atoms with Crippen LogP contribution in [0, 0.1) is 5.92 Å². The summed E-state index contributed by atoms with van der Waals surface area (Å²) in [7, 11) is 0. The number of aryl methyl sites for hydroxylation is 1. The highest BCUT2D eigenvalue weighted by molar-refractivity contribution is 5.82. The number of hydrogen-bond donors (Lipinski definition) is 0. The SMILES string of the molecule is CCOC(=O)CCC(=O)N(CCC(C)C)C(CC)c1nc2ccccc2c(=O)n1-c1ccc(CC)cc1. The van der Waals surface area contributed by atoms with Crippen LogP contribution in [0.5, 0.6) is 0 Å². The van der Waals surface area contributed by atoms with E-state index in [1.807, 2.05) is 49.4 Å². The van der Waals surface area contributed by atoms with Gasteiger partial charge in [0.2, 0.25) is 5.91 Å². The number of para-hydroxylation sites is 1. The summed E-state index contributed by atoms with van der Waals surface area (Å²) in [5, 5.41) is 0.531. The molecule has 1 heterocycles. The molecule has 1 atom stereocenters. The summed E-state index contributed by atoms with van der Waals surface area (Å²) in [6, 6.07) is 14.8.